The fraction of sp³-hybridized carbons (Fsp3) is 0.290. The standard InChI is InChI=1S/C31H31NO5/c1-31(2)18-26-30(27(33)19-31)25(24-15-14-23(35-3)16-28(24)36-4)17-29(34)32(26)20-10-12-22(13-11-20)37-21-8-6-5-7-9-21/h5-16,25H,17-19H2,1-4H3. The molecule has 3 aromatic carbocycles. The molecule has 0 fully saturated rings. The second-order valence-corrected chi connectivity index (χ2v) is 10.3. The number of methoxy groups -OCH3 is 2. The van der Waals surface area contributed by atoms with Crippen LogP contribution in [0.25, 0.3) is 0 Å². The number of allylic oxidation sites excluding steroid dienone is 2. The predicted octanol–water partition coefficient (Wildman–Crippen LogP) is 6.66. The molecule has 6 heteroatoms. The molecule has 5 rings (SSSR count). The summed E-state index contributed by atoms with van der Waals surface area (Å²) in [6.07, 6.45) is 1.24. The number of carbonyl (C=O) groups excluding carboxylic acids is 2. The van der Waals surface area contributed by atoms with Crippen LogP contribution in [-0.2, 0) is 9.59 Å². The maximum absolute atomic E-state index is 13.7. The Morgan fingerprint density at radius 3 is 2.16 bits per heavy atom. The third-order valence-electron chi connectivity index (χ3n) is 7.03. The summed E-state index contributed by atoms with van der Waals surface area (Å²) in [4.78, 5) is 29.1. The average Bonchev–Trinajstić information content (AvgIpc) is 2.88. The fourth-order valence-corrected chi connectivity index (χ4v) is 5.37. The molecule has 190 valence electrons. The lowest BCUT2D eigenvalue weighted by atomic mass is 9.69. The third-order valence-corrected chi connectivity index (χ3v) is 7.03. The van der Waals surface area contributed by atoms with Crippen molar-refractivity contribution in [3.8, 4) is 23.0 Å². The van der Waals surface area contributed by atoms with E-state index in [1.807, 2.05) is 66.7 Å². The summed E-state index contributed by atoms with van der Waals surface area (Å²) in [6.45, 7) is 4.15. The van der Waals surface area contributed by atoms with Gasteiger partial charge in [0.25, 0.3) is 0 Å². The van der Waals surface area contributed by atoms with Crippen molar-refractivity contribution in [2.75, 3.05) is 19.1 Å². The maximum atomic E-state index is 13.7. The molecule has 0 radical (unpaired) electrons. The van der Waals surface area contributed by atoms with Crippen LogP contribution in [0.15, 0.2) is 84.1 Å². The van der Waals surface area contributed by atoms with Crippen molar-refractivity contribution in [2.45, 2.75) is 39.0 Å². The fourth-order valence-electron chi connectivity index (χ4n) is 5.37. The van der Waals surface area contributed by atoms with Gasteiger partial charge in [-0.15, -0.1) is 0 Å². The van der Waals surface area contributed by atoms with Crippen molar-refractivity contribution in [3.05, 3.63) is 89.6 Å². The van der Waals surface area contributed by atoms with E-state index in [1.54, 1.807) is 25.2 Å². The Hall–Kier alpha value is -4.06. The van der Waals surface area contributed by atoms with Gasteiger partial charge in [-0.05, 0) is 54.3 Å². The molecule has 0 spiro atoms. The highest BCUT2D eigenvalue weighted by atomic mass is 16.5. The Morgan fingerprint density at radius 2 is 1.49 bits per heavy atom. The summed E-state index contributed by atoms with van der Waals surface area (Å²) in [5, 5.41) is 0. The van der Waals surface area contributed by atoms with Crippen LogP contribution in [0.3, 0.4) is 0 Å². The Morgan fingerprint density at radius 1 is 0.811 bits per heavy atom. The number of anilines is 1. The van der Waals surface area contributed by atoms with Gasteiger partial charge in [-0.1, -0.05) is 38.1 Å². The van der Waals surface area contributed by atoms with Crippen LogP contribution in [0.2, 0.25) is 0 Å². The summed E-state index contributed by atoms with van der Waals surface area (Å²) in [5.41, 5.74) is 2.77. The third kappa shape index (κ3) is 4.84. The van der Waals surface area contributed by atoms with Gasteiger partial charge < -0.3 is 14.2 Å². The molecule has 0 saturated carbocycles. The number of carbonyl (C=O) groups is 2. The molecule has 1 aliphatic carbocycles. The van der Waals surface area contributed by atoms with Gasteiger partial charge in [0.1, 0.15) is 23.0 Å². The lowest BCUT2D eigenvalue weighted by Gasteiger charge is -2.43. The first-order valence-corrected chi connectivity index (χ1v) is 12.4. The molecule has 3 aromatic rings. The summed E-state index contributed by atoms with van der Waals surface area (Å²) >= 11 is 0. The van der Waals surface area contributed by atoms with Crippen LogP contribution in [0.4, 0.5) is 5.69 Å². The second kappa shape index (κ2) is 9.77. The molecular formula is C31H31NO5. The maximum Gasteiger partial charge on any atom is 0.232 e. The van der Waals surface area contributed by atoms with Crippen molar-refractivity contribution in [1.82, 2.24) is 0 Å². The molecule has 37 heavy (non-hydrogen) atoms. The van der Waals surface area contributed by atoms with Crippen molar-refractivity contribution in [3.63, 3.8) is 0 Å². The number of rotatable bonds is 6. The smallest absolute Gasteiger partial charge is 0.232 e. The average molecular weight is 498 g/mol. The molecule has 1 amide bonds. The van der Waals surface area contributed by atoms with Gasteiger partial charge in [0.15, 0.2) is 5.78 Å². The van der Waals surface area contributed by atoms with Crippen molar-refractivity contribution in [2.24, 2.45) is 5.41 Å². The molecule has 1 heterocycles. The lowest BCUT2D eigenvalue weighted by Crippen LogP contribution is -2.43. The number of benzene rings is 3. The predicted molar refractivity (Wildman–Crippen MR) is 142 cm³/mol. The zero-order valence-electron chi connectivity index (χ0n) is 21.6. The number of hydrogen-bond acceptors (Lipinski definition) is 5. The van der Waals surface area contributed by atoms with E-state index in [9.17, 15) is 9.59 Å². The topological polar surface area (TPSA) is 65.1 Å². The molecule has 0 bridgehead atoms. The minimum Gasteiger partial charge on any atom is -0.497 e. The van der Waals surface area contributed by atoms with E-state index in [-0.39, 0.29) is 29.4 Å². The molecule has 1 aliphatic heterocycles. The molecule has 1 unspecified atom stereocenters. The van der Waals surface area contributed by atoms with Gasteiger partial charge in [-0.25, -0.2) is 0 Å². The van der Waals surface area contributed by atoms with Crippen LogP contribution in [0.1, 0.15) is 44.6 Å². The van der Waals surface area contributed by atoms with Gasteiger partial charge in [-0.3, -0.25) is 14.5 Å². The Balaban J connectivity index is 1.56. The van der Waals surface area contributed by atoms with E-state index in [0.717, 1.165) is 22.7 Å². The van der Waals surface area contributed by atoms with E-state index in [4.69, 9.17) is 14.2 Å². The number of ether oxygens (including phenoxy) is 3. The number of ketones is 1. The van der Waals surface area contributed by atoms with Crippen LogP contribution in [-0.4, -0.2) is 25.9 Å². The molecule has 2 aliphatic rings. The molecule has 0 saturated heterocycles. The number of Topliss-reactive ketones (excluding diaryl/α,β-unsaturated/α-hetero) is 1. The highest BCUT2D eigenvalue weighted by molar-refractivity contribution is 6.08. The van der Waals surface area contributed by atoms with E-state index in [0.29, 0.717) is 35.7 Å². The van der Waals surface area contributed by atoms with Gasteiger partial charge in [0, 0.05) is 47.3 Å². The van der Waals surface area contributed by atoms with Crippen LogP contribution >= 0.6 is 0 Å². The molecule has 0 aromatic heterocycles. The van der Waals surface area contributed by atoms with Gasteiger partial charge in [0.2, 0.25) is 5.91 Å². The minimum atomic E-state index is -0.371. The Labute approximate surface area is 217 Å². The quantitative estimate of drug-likeness (QED) is 0.381. The first-order valence-electron chi connectivity index (χ1n) is 12.4. The van der Waals surface area contributed by atoms with Gasteiger partial charge in [-0.2, -0.15) is 0 Å². The SMILES string of the molecule is COc1ccc(C2CC(=O)N(c3ccc(Oc4ccccc4)cc3)C3=C2C(=O)CC(C)(C)C3)c(OC)c1. The molecule has 1 atom stereocenters. The second-order valence-electron chi connectivity index (χ2n) is 10.3. The van der Waals surface area contributed by atoms with Crippen LogP contribution < -0.4 is 19.1 Å². The summed E-state index contributed by atoms with van der Waals surface area (Å²) < 4.78 is 16.9. The number of amides is 1. The summed E-state index contributed by atoms with van der Waals surface area (Å²) in [5.74, 6) is 2.34. The van der Waals surface area contributed by atoms with Crippen LogP contribution in [0.5, 0.6) is 23.0 Å². The summed E-state index contributed by atoms with van der Waals surface area (Å²) in [7, 11) is 3.19. The van der Waals surface area contributed by atoms with E-state index < -0.39 is 0 Å². The highest BCUT2D eigenvalue weighted by Crippen LogP contribution is 2.50. The van der Waals surface area contributed by atoms with E-state index >= 15 is 0 Å². The van der Waals surface area contributed by atoms with Crippen molar-refractivity contribution < 1.29 is 23.8 Å². The number of para-hydroxylation sites is 1. The Bertz CT molecular complexity index is 1360. The normalized spacial score (nSPS) is 18.9. The van der Waals surface area contributed by atoms with Crippen molar-refractivity contribution >= 4 is 17.4 Å². The van der Waals surface area contributed by atoms with Gasteiger partial charge >= 0.3 is 0 Å². The zero-order chi connectivity index (χ0) is 26.2. The minimum absolute atomic E-state index is 0.0520. The highest BCUT2D eigenvalue weighted by Gasteiger charge is 2.45. The van der Waals surface area contributed by atoms with Crippen molar-refractivity contribution in [1.29, 1.82) is 0 Å². The molecule has 0 N–H and O–H groups in total. The monoisotopic (exact) mass is 497 g/mol. The van der Waals surface area contributed by atoms with E-state index in [2.05, 4.69) is 13.8 Å². The van der Waals surface area contributed by atoms with Crippen LogP contribution in [0, 0.1) is 5.41 Å². The molecule has 6 nitrogen and oxygen atoms in total. The molecular weight excluding hydrogens is 466 g/mol. The zero-order valence-corrected chi connectivity index (χ0v) is 21.6. The lowest BCUT2D eigenvalue weighted by molar-refractivity contribution is -0.121. The summed E-state index contributed by atoms with van der Waals surface area (Å²) in [6, 6.07) is 22.6. The Kier molecular flexibility index (Phi) is 6.50. The first-order chi connectivity index (χ1) is 17.8. The van der Waals surface area contributed by atoms with Gasteiger partial charge in [0.05, 0.1) is 14.2 Å². The number of hydrogen-bond donors (Lipinski definition) is 0. The first kappa shape index (κ1) is 24.6. The largest absolute Gasteiger partial charge is 0.497 e. The number of nitrogens with zero attached hydrogens (tertiary/aromatic N) is 1. The van der Waals surface area contributed by atoms with E-state index in [1.165, 1.54) is 0 Å².